The monoisotopic (exact) mass is 300 g/mol. The van der Waals surface area contributed by atoms with Crippen molar-refractivity contribution in [3.8, 4) is 0 Å². The van der Waals surface area contributed by atoms with Gasteiger partial charge in [-0.3, -0.25) is 9.59 Å². The van der Waals surface area contributed by atoms with Crippen LogP contribution in [0.3, 0.4) is 0 Å². The van der Waals surface area contributed by atoms with Crippen LogP contribution in [0.2, 0.25) is 0 Å². The first kappa shape index (κ1) is 15.1. The van der Waals surface area contributed by atoms with E-state index in [4.69, 9.17) is 0 Å². The number of amides is 2. The number of rotatable bonds is 1. The molecule has 0 aliphatic carbocycles. The number of benzene rings is 1. The highest BCUT2D eigenvalue weighted by molar-refractivity contribution is 6.07. The lowest BCUT2D eigenvalue weighted by Crippen LogP contribution is -2.47. The van der Waals surface area contributed by atoms with Gasteiger partial charge in [-0.15, -0.1) is 0 Å². The molecule has 1 aromatic carbocycles. The molecule has 0 spiro atoms. The van der Waals surface area contributed by atoms with Gasteiger partial charge in [-0.1, -0.05) is 0 Å². The van der Waals surface area contributed by atoms with Gasteiger partial charge in [0.1, 0.15) is 0 Å². The van der Waals surface area contributed by atoms with Crippen LogP contribution >= 0.6 is 0 Å². The summed E-state index contributed by atoms with van der Waals surface area (Å²) in [5.41, 5.74) is 1.85. The maximum absolute atomic E-state index is 12.9. The van der Waals surface area contributed by atoms with Crippen molar-refractivity contribution in [1.82, 2.24) is 4.90 Å². The molecular formula is C18H24N2O2. The quantitative estimate of drug-likeness (QED) is 0.865. The van der Waals surface area contributed by atoms with Crippen LogP contribution in [-0.2, 0) is 10.2 Å². The number of nitrogens with zero attached hydrogens (tertiary/aromatic N) is 1. The Bertz CT molecular complexity index is 626. The van der Waals surface area contributed by atoms with Gasteiger partial charge in [-0.05, 0) is 70.7 Å². The van der Waals surface area contributed by atoms with E-state index >= 15 is 0 Å². The molecule has 1 aromatic rings. The standard InChI is InChI=1S/C18H24N2O2/c1-11-6-5-7-12(2)20(11)16(21)13-8-9-15-14(10-13)18(3,4)17(22)19-15/h8-12H,5-7H2,1-4H3,(H,19,22). The van der Waals surface area contributed by atoms with Crippen LogP contribution in [0.1, 0.15) is 62.9 Å². The van der Waals surface area contributed by atoms with E-state index in [2.05, 4.69) is 19.2 Å². The number of hydrogen-bond acceptors (Lipinski definition) is 2. The van der Waals surface area contributed by atoms with Crippen LogP contribution < -0.4 is 5.32 Å². The molecule has 0 bridgehead atoms. The SMILES string of the molecule is CC1CCCC(C)N1C(=O)c1ccc2c(c1)C(C)(C)C(=O)N2. The molecule has 2 amide bonds. The van der Waals surface area contributed by atoms with Gasteiger partial charge in [0.25, 0.3) is 5.91 Å². The summed E-state index contributed by atoms with van der Waals surface area (Å²) < 4.78 is 0. The van der Waals surface area contributed by atoms with Crippen molar-refractivity contribution in [3.63, 3.8) is 0 Å². The first-order chi connectivity index (χ1) is 10.3. The molecule has 1 N–H and O–H groups in total. The second kappa shape index (κ2) is 5.11. The average molecular weight is 300 g/mol. The molecule has 2 heterocycles. The van der Waals surface area contributed by atoms with Gasteiger partial charge in [0.15, 0.2) is 0 Å². The van der Waals surface area contributed by atoms with E-state index in [1.807, 2.05) is 36.9 Å². The molecular weight excluding hydrogens is 276 g/mol. The van der Waals surface area contributed by atoms with Crippen molar-refractivity contribution in [2.75, 3.05) is 5.32 Å². The highest BCUT2D eigenvalue weighted by Crippen LogP contribution is 2.38. The smallest absolute Gasteiger partial charge is 0.254 e. The van der Waals surface area contributed by atoms with Crippen LogP contribution in [0, 0.1) is 0 Å². The minimum Gasteiger partial charge on any atom is -0.333 e. The molecule has 0 saturated carbocycles. The lowest BCUT2D eigenvalue weighted by atomic mass is 9.85. The van der Waals surface area contributed by atoms with E-state index in [1.54, 1.807) is 0 Å². The zero-order valence-electron chi connectivity index (χ0n) is 13.8. The highest BCUT2D eigenvalue weighted by Gasteiger charge is 2.39. The second-order valence-electron chi connectivity index (χ2n) is 7.18. The summed E-state index contributed by atoms with van der Waals surface area (Å²) in [5.74, 6) is 0.0736. The molecule has 118 valence electrons. The fourth-order valence-corrected chi connectivity index (χ4v) is 3.67. The van der Waals surface area contributed by atoms with Crippen molar-refractivity contribution < 1.29 is 9.59 Å². The molecule has 4 heteroatoms. The van der Waals surface area contributed by atoms with Gasteiger partial charge in [0.2, 0.25) is 5.91 Å². The predicted octanol–water partition coefficient (Wildman–Crippen LogP) is 3.32. The molecule has 2 aliphatic heterocycles. The Morgan fingerprint density at radius 3 is 2.50 bits per heavy atom. The van der Waals surface area contributed by atoms with Gasteiger partial charge >= 0.3 is 0 Å². The molecule has 2 unspecified atom stereocenters. The first-order valence-corrected chi connectivity index (χ1v) is 8.11. The Morgan fingerprint density at radius 1 is 1.23 bits per heavy atom. The lowest BCUT2D eigenvalue weighted by molar-refractivity contribution is -0.119. The van der Waals surface area contributed by atoms with E-state index in [0.29, 0.717) is 5.56 Å². The summed E-state index contributed by atoms with van der Waals surface area (Å²) in [6.07, 6.45) is 3.31. The number of nitrogens with one attached hydrogen (secondary N) is 1. The first-order valence-electron chi connectivity index (χ1n) is 8.11. The zero-order chi connectivity index (χ0) is 16.1. The summed E-state index contributed by atoms with van der Waals surface area (Å²) in [6.45, 7) is 8.04. The summed E-state index contributed by atoms with van der Waals surface area (Å²) >= 11 is 0. The third-order valence-corrected chi connectivity index (χ3v) is 5.18. The van der Waals surface area contributed by atoms with Crippen LogP contribution in [0.15, 0.2) is 18.2 Å². The number of piperidine rings is 1. The van der Waals surface area contributed by atoms with Gasteiger partial charge < -0.3 is 10.2 Å². The van der Waals surface area contributed by atoms with Crippen LogP contribution in [0.5, 0.6) is 0 Å². The van der Waals surface area contributed by atoms with Gasteiger partial charge in [0, 0.05) is 23.3 Å². The maximum atomic E-state index is 12.9. The number of carbonyl (C=O) groups excluding carboxylic acids is 2. The normalized spacial score (nSPS) is 26.5. The minimum absolute atomic E-state index is 0.00759. The second-order valence-corrected chi connectivity index (χ2v) is 7.18. The summed E-state index contributed by atoms with van der Waals surface area (Å²) in [7, 11) is 0. The molecule has 4 nitrogen and oxygen atoms in total. The van der Waals surface area contributed by atoms with Crippen molar-refractivity contribution in [3.05, 3.63) is 29.3 Å². The predicted molar refractivity (Wildman–Crippen MR) is 87.0 cm³/mol. The fraction of sp³-hybridized carbons (Fsp3) is 0.556. The zero-order valence-corrected chi connectivity index (χ0v) is 13.8. The third-order valence-electron chi connectivity index (χ3n) is 5.18. The lowest BCUT2D eigenvalue weighted by Gasteiger charge is -2.39. The number of hydrogen-bond donors (Lipinski definition) is 1. The van der Waals surface area contributed by atoms with Crippen LogP contribution in [0.25, 0.3) is 0 Å². The largest absolute Gasteiger partial charge is 0.333 e. The third kappa shape index (κ3) is 2.21. The highest BCUT2D eigenvalue weighted by atomic mass is 16.2. The van der Waals surface area contributed by atoms with E-state index in [-0.39, 0.29) is 23.9 Å². The number of likely N-dealkylation sites (tertiary alicyclic amines) is 1. The van der Waals surface area contributed by atoms with E-state index in [0.717, 1.165) is 24.1 Å². The van der Waals surface area contributed by atoms with Crippen molar-refractivity contribution in [1.29, 1.82) is 0 Å². The molecule has 2 aliphatic rings. The van der Waals surface area contributed by atoms with Gasteiger partial charge in [-0.2, -0.15) is 0 Å². The fourth-order valence-electron chi connectivity index (χ4n) is 3.67. The van der Waals surface area contributed by atoms with Crippen molar-refractivity contribution in [2.45, 2.75) is 64.5 Å². The summed E-state index contributed by atoms with van der Waals surface area (Å²) in [5, 5.41) is 2.89. The topological polar surface area (TPSA) is 49.4 Å². The molecule has 3 rings (SSSR count). The molecule has 22 heavy (non-hydrogen) atoms. The van der Waals surface area contributed by atoms with Crippen LogP contribution in [-0.4, -0.2) is 28.8 Å². The molecule has 0 radical (unpaired) electrons. The van der Waals surface area contributed by atoms with Gasteiger partial charge in [0.05, 0.1) is 5.41 Å². The van der Waals surface area contributed by atoms with Crippen LogP contribution in [0.4, 0.5) is 5.69 Å². The van der Waals surface area contributed by atoms with E-state index in [1.165, 1.54) is 6.42 Å². The minimum atomic E-state index is -0.579. The molecule has 1 fully saturated rings. The number of fused-ring (bicyclic) bond motifs is 1. The number of carbonyl (C=O) groups is 2. The Kier molecular flexibility index (Phi) is 3.50. The van der Waals surface area contributed by atoms with Crippen molar-refractivity contribution >= 4 is 17.5 Å². The molecule has 1 saturated heterocycles. The summed E-state index contributed by atoms with van der Waals surface area (Å²) in [6, 6.07) is 6.13. The Labute approximate surface area is 131 Å². The maximum Gasteiger partial charge on any atom is 0.254 e. The molecule has 2 atom stereocenters. The number of anilines is 1. The average Bonchev–Trinajstić information content (AvgIpc) is 2.68. The Morgan fingerprint density at radius 2 is 1.86 bits per heavy atom. The van der Waals surface area contributed by atoms with E-state index < -0.39 is 5.41 Å². The Hall–Kier alpha value is -1.84. The summed E-state index contributed by atoms with van der Waals surface area (Å²) in [4.78, 5) is 27.0. The van der Waals surface area contributed by atoms with Gasteiger partial charge in [-0.25, -0.2) is 0 Å². The van der Waals surface area contributed by atoms with Crippen molar-refractivity contribution in [2.24, 2.45) is 0 Å². The molecule has 0 aromatic heterocycles. The Balaban J connectivity index is 1.95. The van der Waals surface area contributed by atoms with E-state index in [9.17, 15) is 9.59 Å².